The number of aliphatic carboxylic acids is 1. The maximum atomic E-state index is 12.5. The van der Waals surface area contributed by atoms with Gasteiger partial charge in [-0.05, 0) is 26.7 Å². The number of ether oxygens (including phenoxy) is 1. The molecule has 0 aromatic carbocycles. The van der Waals surface area contributed by atoms with E-state index in [2.05, 4.69) is 21.5 Å². The van der Waals surface area contributed by atoms with Crippen LogP contribution in [0.25, 0.3) is 0 Å². The Morgan fingerprint density at radius 2 is 2.03 bits per heavy atom. The van der Waals surface area contributed by atoms with Crippen molar-refractivity contribution in [1.82, 2.24) is 20.0 Å². The first kappa shape index (κ1) is 24.1. The van der Waals surface area contributed by atoms with Crippen LogP contribution in [0.1, 0.15) is 32.3 Å². The lowest BCUT2D eigenvalue weighted by molar-refractivity contribution is -0.192. The van der Waals surface area contributed by atoms with Crippen molar-refractivity contribution in [2.24, 2.45) is 18.9 Å². The summed E-state index contributed by atoms with van der Waals surface area (Å²) >= 11 is 0. The van der Waals surface area contributed by atoms with Gasteiger partial charge >= 0.3 is 12.1 Å². The fourth-order valence-electron chi connectivity index (χ4n) is 3.86. The van der Waals surface area contributed by atoms with Crippen molar-refractivity contribution in [1.29, 1.82) is 0 Å². The predicted octanol–water partition coefficient (Wildman–Crippen LogP) is 1.80. The summed E-state index contributed by atoms with van der Waals surface area (Å²) in [6.45, 7) is 7.59. The van der Waals surface area contributed by atoms with Crippen molar-refractivity contribution < 1.29 is 32.6 Å². The zero-order chi connectivity index (χ0) is 22.5. The highest BCUT2D eigenvalue weighted by Gasteiger charge is 2.41. The summed E-state index contributed by atoms with van der Waals surface area (Å²) < 4.78 is 39.5. The number of aryl methyl sites for hydroxylation is 1. The molecular weight excluding hydrogens is 405 g/mol. The Hall–Kier alpha value is -2.14. The third-order valence-corrected chi connectivity index (χ3v) is 5.13. The number of hydrogen-bond acceptors (Lipinski definition) is 5. The number of aromatic nitrogens is 2. The lowest BCUT2D eigenvalue weighted by atomic mass is 9.79. The molecule has 1 aromatic rings. The first-order chi connectivity index (χ1) is 14.0. The third-order valence-electron chi connectivity index (χ3n) is 5.13. The number of rotatable bonds is 4. The van der Waals surface area contributed by atoms with Crippen LogP contribution in [-0.4, -0.2) is 69.7 Å². The van der Waals surface area contributed by atoms with Crippen molar-refractivity contribution in [2.75, 3.05) is 19.7 Å². The minimum atomic E-state index is -5.08. The van der Waals surface area contributed by atoms with Crippen molar-refractivity contribution >= 4 is 11.9 Å². The van der Waals surface area contributed by atoms with Crippen LogP contribution in [0.3, 0.4) is 0 Å². The molecule has 0 bridgehead atoms. The monoisotopic (exact) mass is 434 g/mol. The first-order valence-electron chi connectivity index (χ1n) is 9.89. The van der Waals surface area contributed by atoms with Crippen molar-refractivity contribution in [3.8, 4) is 0 Å². The summed E-state index contributed by atoms with van der Waals surface area (Å²) in [5.41, 5.74) is 1.23. The average Bonchev–Trinajstić information content (AvgIpc) is 3.05. The van der Waals surface area contributed by atoms with Crippen LogP contribution in [-0.2, 0) is 27.9 Å². The molecule has 2 N–H and O–H groups in total. The number of likely N-dealkylation sites (tertiary alicyclic amines) is 1. The minimum absolute atomic E-state index is 0.0767. The summed E-state index contributed by atoms with van der Waals surface area (Å²) in [7, 11) is 1.94. The molecule has 1 aromatic heterocycles. The topological polar surface area (TPSA) is 96.7 Å². The van der Waals surface area contributed by atoms with Gasteiger partial charge in [-0.25, -0.2) is 4.79 Å². The number of alkyl halides is 3. The SMILES string of the molecule is CC(C)NC(=O)[C@@H]1CCO[C@@H]2CCN(Cc3cnn(C)c3)C[C@@H]21.O=C(O)C(F)(F)F. The highest BCUT2D eigenvalue weighted by molar-refractivity contribution is 5.79. The van der Waals surface area contributed by atoms with E-state index in [1.807, 2.05) is 31.8 Å². The molecule has 170 valence electrons. The summed E-state index contributed by atoms with van der Waals surface area (Å²) in [6.07, 6.45) is 0.979. The number of nitrogens with one attached hydrogen (secondary N) is 1. The number of amides is 1. The third kappa shape index (κ3) is 6.98. The Bertz CT molecular complexity index is 723. The van der Waals surface area contributed by atoms with Gasteiger partial charge in [0.1, 0.15) is 0 Å². The number of halogens is 3. The molecule has 11 heteroatoms. The van der Waals surface area contributed by atoms with Gasteiger partial charge in [-0.1, -0.05) is 0 Å². The van der Waals surface area contributed by atoms with Crippen LogP contribution in [0.2, 0.25) is 0 Å². The first-order valence-corrected chi connectivity index (χ1v) is 9.89. The maximum Gasteiger partial charge on any atom is 0.490 e. The van der Waals surface area contributed by atoms with Crippen LogP contribution >= 0.6 is 0 Å². The number of fused-ring (bicyclic) bond motifs is 1. The smallest absolute Gasteiger partial charge is 0.475 e. The Kier molecular flexibility index (Phi) is 8.25. The molecule has 0 radical (unpaired) electrons. The number of carbonyl (C=O) groups excluding carboxylic acids is 1. The number of carboxylic acid groups (broad SMARTS) is 1. The van der Waals surface area contributed by atoms with Crippen molar-refractivity contribution in [2.45, 2.75) is 51.6 Å². The molecule has 2 aliphatic rings. The zero-order valence-corrected chi connectivity index (χ0v) is 17.4. The molecule has 2 fully saturated rings. The van der Waals surface area contributed by atoms with E-state index in [1.54, 1.807) is 0 Å². The Morgan fingerprint density at radius 1 is 1.37 bits per heavy atom. The van der Waals surface area contributed by atoms with Gasteiger partial charge in [-0.3, -0.25) is 14.4 Å². The summed E-state index contributed by atoms with van der Waals surface area (Å²) in [6, 6.07) is 0.193. The van der Waals surface area contributed by atoms with E-state index < -0.39 is 12.1 Å². The fraction of sp³-hybridized carbons (Fsp3) is 0.737. The van der Waals surface area contributed by atoms with Gasteiger partial charge in [0.15, 0.2) is 0 Å². The lowest BCUT2D eigenvalue weighted by Gasteiger charge is -2.44. The van der Waals surface area contributed by atoms with E-state index in [0.717, 1.165) is 32.5 Å². The lowest BCUT2D eigenvalue weighted by Crippen LogP contribution is -2.53. The van der Waals surface area contributed by atoms with Crippen LogP contribution in [0.5, 0.6) is 0 Å². The van der Waals surface area contributed by atoms with E-state index in [0.29, 0.717) is 12.5 Å². The largest absolute Gasteiger partial charge is 0.490 e. The molecule has 1 amide bonds. The second-order valence-corrected chi connectivity index (χ2v) is 7.98. The van der Waals surface area contributed by atoms with Gasteiger partial charge in [-0.2, -0.15) is 18.3 Å². The normalized spacial score (nSPS) is 24.6. The van der Waals surface area contributed by atoms with Gasteiger partial charge in [0.25, 0.3) is 0 Å². The van der Waals surface area contributed by atoms with Gasteiger partial charge in [0.2, 0.25) is 5.91 Å². The van der Waals surface area contributed by atoms with Crippen LogP contribution in [0, 0.1) is 11.8 Å². The van der Waals surface area contributed by atoms with Crippen molar-refractivity contribution in [3.63, 3.8) is 0 Å². The molecule has 0 saturated carbocycles. The molecule has 0 aliphatic carbocycles. The van der Waals surface area contributed by atoms with E-state index in [1.165, 1.54) is 5.56 Å². The highest BCUT2D eigenvalue weighted by Crippen LogP contribution is 2.33. The standard InChI is InChI=1S/C17H28N4O2.C2HF3O2/c1-12(2)19-17(22)14-5-7-23-16-4-6-21(11-15(14)16)10-13-8-18-20(3)9-13;3-2(4,5)1(6)7/h8-9,12,14-16H,4-7,10-11H2,1-3H3,(H,19,22);(H,6,7)/t14-,15-,16-;/m1./s1. The summed E-state index contributed by atoms with van der Waals surface area (Å²) in [5.74, 6) is -2.19. The van der Waals surface area contributed by atoms with Gasteiger partial charge in [0.05, 0.1) is 12.3 Å². The molecule has 0 unspecified atom stereocenters. The van der Waals surface area contributed by atoms with Crippen LogP contribution < -0.4 is 5.32 Å². The van der Waals surface area contributed by atoms with E-state index >= 15 is 0 Å². The van der Waals surface area contributed by atoms with Gasteiger partial charge in [-0.15, -0.1) is 0 Å². The number of carbonyl (C=O) groups is 2. The number of piperidine rings is 1. The Morgan fingerprint density at radius 3 is 2.57 bits per heavy atom. The molecule has 0 spiro atoms. The molecule has 3 atom stereocenters. The minimum Gasteiger partial charge on any atom is -0.475 e. The average molecular weight is 434 g/mol. The molecule has 3 rings (SSSR count). The second kappa shape index (κ2) is 10.3. The van der Waals surface area contributed by atoms with Crippen LogP contribution in [0.4, 0.5) is 13.2 Å². The van der Waals surface area contributed by atoms with E-state index in [9.17, 15) is 18.0 Å². The van der Waals surface area contributed by atoms with Gasteiger partial charge < -0.3 is 15.2 Å². The Balaban J connectivity index is 0.000000396. The maximum absolute atomic E-state index is 12.5. The van der Waals surface area contributed by atoms with E-state index in [4.69, 9.17) is 14.6 Å². The summed E-state index contributed by atoms with van der Waals surface area (Å²) in [4.78, 5) is 23.9. The number of nitrogens with zero attached hydrogens (tertiary/aromatic N) is 3. The number of carboxylic acids is 1. The Labute approximate surface area is 173 Å². The molecule has 8 nitrogen and oxygen atoms in total. The second-order valence-electron chi connectivity index (χ2n) is 7.98. The molecule has 3 heterocycles. The zero-order valence-electron chi connectivity index (χ0n) is 17.4. The van der Waals surface area contributed by atoms with Crippen LogP contribution in [0.15, 0.2) is 12.4 Å². The summed E-state index contributed by atoms with van der Waals surface area (Å²) in [5, 5.41) is 14.5. The molecule has 30 heavy (non-hydrogen) atoms. The van der Waals surface area contributed by atoms with Crippen molar-refractivity contribution in [3.05, 3.63) is 18.0 Å². The fourth-order valence-corrected chi connectivity index (χ4v) is 3.86. The highest BCUT2D eigenvalue weighted by atomic mass is 19.4. The van der Waals surface area contributed by atoms with E-state index in [-0.39, 0.29) is 24.0 Å². The molecule has 2 saturated heterocycles. The number of hydrogen-bond donors (Lipinski definition) is 2. The predicted molar refractivity (Wildman–Crippen MR) is 101 cm³/mol. The quantitative estimate of drug-likeness (QED) is 0.750. The molecular formula is C19H29F3N4O4. The molecule has 2 aliphatic heterocycles. The van der Waals surface area contributed by atoms with Gasteiger partial charge in [0, 0.05) is 62.9 Å².